The van der Waals surface area contributed by atoms with E-state index >= 15 is 0 Å². The third kappa shape index (κ3) is 3.16. The van der Waals surface area contributed by atoms with Gasteiger partial charge in [-0.1, -0.05) is 0 Å². The molecule has 3 aromatic rings. The molecule has 0 aliphatic carbocycles. The molecular formula is C18H16N6O2. The first-order valence-electron chi connectivity index (χ1n) is 8.26. The highest BCUT2D eigenvalue weighted by Crippen LogP contribution is 2.22. The van der Waals surface area contributed by atoms with Crippen LogP contribution in [-0.2, 0) is 4.79 Å². The van der Waals surface area contributed by atoms with Crippen LogP contribution in [0, 0.1) is 0 Å². The van der Waals surface area contributed by atoms with Gasteiger partial charge < -0.3 is 10.2 Å². The van der Waals surface area contributed by atoms with E-state index in [9.17, 15) is 9.59 Å². The highest BCUT2D eigenvalue weighted by molar-refractivity contribution is 6.04. The molecule has 0 spiro atoms. The zero-order chi connectivity index (χ0) is 17.9. The molecule has 1 aromatic heterocycles. The normalized spacial score (nSPS) is 13.8. The lowest BCUT2D eigenvalue weighted by Crippen LogP contribution is -2.23. The Kier molecular flexibility index (Phi) is 4.14. The van der Waals surface area contributed by atoms with Crippen LogP contribution in [0.25, 0.3) is 5.69 Å². The highest BCUT2D eigenvalue weighted by Gasteiger charge is 2.21. The monoisotopic (exact) mass is 348 g/mol. The Bertz CT molecular complexity index is 919. The molecular weight excluding hydrogens is 332 g/mol. The standard InChI is InChI=1S/C18H16N6O2/c25-17-2-1-11-23(17)15-7-3-13(4-8-15)18(26)20-14-5-9-16(10-6-14)24-12-19-21-22-24/h3-10,12H,1-2,11H2,(H,20,26). The van der Waals surface area contributed by atoms with E-state index in [1.54, 1.807) is 41.3 Å². The van der Waals surface area contributed by atoms with Crippen LogP contribution in [0.2, 0.25) is 0 Å². The molecule has 0 bridgehead atoms. The van der Waals surface area contributed by atoms with Gasteiger partial charge in [0.15, 0.2) is 0 Å². The summed E-state index contributed by atoms with van der Waals surface area (Å²) in [6.45, 7) is 0.734. The molecule has 0 unspecified atom stereocenters. The third-order valence-electron chi connectivity index (χ3n) is 4.25. The minimum atomic E-state index is -0.209. The number of carbonyl (C=O) groups excluding carboxylic acids is 2. The minimum absolute atomic E-state index is 0.130. The van der Waals surface area contributed by atoms with Crippen LogP contribution in [0.1, 0.15) is 23.2 Å². The molecule has 0 saturated carbocycles. The molecule has 26 heavy (non-hydrogen) atoms. The first-order valence-corrected chi connectivity index (χ1v) is 8.26. The number of amides is 2. The van der Waals surface area contributed by atoms with Crippen molar-refractivity contribution in [2.45, 2.75) is 12.8 Å². The van der Waals surface area contributed by atoms with E-state index in [1.165, 1.54) is 11.0 Å². The maximum absolute atomic E-state index is 12.4. The van der Waals surface area contributed by atoms with Crippen molar-refractivity contribution < 1.29 is 9.59 Å². The van der Waals surface area contributed by atoms with Crippen molar-refractivity contribution in [1.82, 2.24) is 20.2 Å². The van der Waals surface area contributed by atoms with Crippen molar-refractivity contribution in [3.63, 3.8) is 0 Å². The average Bonchev–Trinajstić information content (AvgIpc) is 3.34. The van der Waals surface area contributed by atoms with Gasteiger partial charge in [0.25, 0.3) is 5.91 Å². The second-order valence-corrected chi connectivity index (χ2v) is 5.95. The van der Waals surface area contributed by atoms with Crippen molar-refractivity contribution >= 4 is 23.2 Å². The van der Waals surface area contributed by atoms with E-state index in [1.807, 2.05) is 12.1 Å². The molecule has 1 aliphatic heterocycles. The molecule has 0 atom stereocenters. The summed E-state index contributed by atoms with van der Waals surface area (Å²) in [5.41, 5.74) is 2.83. The van der Waals surface area contributed by atoms with Crippen LogP contribution in [0.5, 0.6) is 0 Å². The van der Waals surface area contributed by atoms with E-state index in [2.05, 4.69) is 20.8 Å². The van der Waals surface area contributed by atoms with E-state index in [0.29, 0.717) is 17.7 Å². The fourth-order valence-electron chi connectivity index (χ4n) is 2.89. The number of hydrogen-bond acceptors (Lipinski definition) is 5. The number of nitrogens with one attached hydrogen (secondary N) is 1. The summed E-state index contributed by atoms with van der Waals surface area (Å²) in [5, 5.41) is 13.8. The summed E-state index contributed by atoms with van der Waals surface area (Å²) in [4.78, 5) is 25.9. The molecule has 4 rings (SSSR count). The van der Waals surface area contributed by atoms with Gasteiger partial charge in [0.2, 0.25) is 5.91 Å². The van der Waals surface area contributed by atoms with Gasteiger partial charge in [0.1, 0.15) is 6.33 Å². The van der Waals surface area contributed by atoms with Crippen LogP contribution in [0.4, 0.5) is 11.4 Å². The number of benzene rings is 2. The molecule has 8 nitrogen and oxygen atoms in total. The van der Waals surface area contributed by atoms with E-state index in [-0.39, 0.29) is 11.8 Å². The first-order chi connectivity index (χ1) is 12.7. The lowest BCUT2D eigenvalue weighted by molar-refractivity contribution is -0.117. The van der Waals surface area contributed by atoms with Gasteiger partial charge in [0.05, 0.1) is 5.69 Å². The fraction of sp³-hybridized carbons (Fsp3) is 0.167. The predicted molar refractivity (Wildman–Crippen MR) is 95.1 cm³/mol. The maximum atomic E-state index is 12.4. The van der Waals surface area contributed by atoms with E-state index < -0.39 is 0 Å². The number of anilines is 2. The van der Waals surface area contributed by atoms with Gasteiger partial charge in [0, 0.05) is 29.9 Å². The van der Waals surface area contributed by atoms with Gasteiger partial charge in [-0.3, -0.25) is 9.59 Å². The molecule has 8 heteroatoms. The summed E-state index contributed by atoms with van der Waals surface area (Å²) < 4.78 is 1.53. The van der Waals surface area contributed by atoms with Gasteiger partial charge in [-0.15, -0.1) is 5.10 Å². The Morgan fingerprint density at radius 3 is 2.35 bits per heavy atom. The molecule has 2 amide bonds. The summed E-state index contributed by atoms with van der Waals surface area (Å²) in [7, 11) is 0. The summed E-state index contributed by atoms with van der Waals surface area (Å²) >= 11 is 0. The predicted octanol–water partition coefficient (Wildman–Crippen LogP) is 2.04. The Labute approximate surface area is 149 Å². The van der Waals surface area contributed by atoms with Crippen LogP contribution in [-0.4, -0.2) is 38.6 Å². The van der Waals surface area contributed by atoms with Crippen LogP contribution >= 0.6 is 0 Å². The quantitative estimate of drug-likeness (QED) is 0.779. The minimum Gasteiger partial charge on any atom is -0.322 e. The molecule has 130 valence electrons. The summed E-state index contributed by atoms with van der Waals surface area (Å²) in [6, 6.07) is 14.3. The zero-order valence-corrected chi connectivity index (χ0v) is 13.9. The molecule has 1 aliphatic rings. The highest BCUT2D eigenvalue weighted by atomic mass is 16.2. The number of aromatic nitrogens is 4. The van der Waals surface area contributed by atoms with Crippen molar-refractivity contribution in [2.75, 3.05) is 16.8 Å². The van der Waals surface area contributed by atoms with Gasteiger partial charge in [-0.2, -0.15) is 0 Å². The van der Waals surface area contributed by atoms with Crippen molar-refractivity contribution in [3.05, 3.63) is 60.4 Å². The van der Waals surface area contributed by atoms with Gasteiger partial charge >= 0.3 is 0 Å². The Balaban J connectivity index is 1.43. The Hall–Kier alpha value is -3.55. The first kappa shape index (κ1) is 15.9. The number of nitrogens with zero attached hydrogens (tertiary/aromatic N) is 5. The number of hydrogen-bond donors (Lipinski definition) is 1. The number of carbonyl (C=O) groups is 2. The zero-order valence-electron chi connectivity index (χ0n) is 13.9. The molecule has 2 aromatic carbocycles. The van der Waals surface area contributed by atoms with Crippen molar-refractivity contribution in [1.29, 1.82) is 0 Å². The number of rotatable bonds is 4. The summed E-state index contributed by atoms with van der Waals surface area (Å²) in [5.74, 6) is -0.0793. The summed E-state index contributed by atoms with van der Waals surface area (Å²) in [6.07, 6.45) is 2.96. The Morgan fingerprint density at radius 2 is 1.73 bits per heavy atom. The lowest BCUT2D eigenvalue weighted by atomic mass is 10.1. The maximum Gasteiger partial charge on any atom is 0.255 e. The average molecular weight is 348 g/mol. The number of tetrazole rings is 1. The topological polar surface area (TPSA) is 93.0 Å². The third-order valence-corrected chi connectivity index (χ3v) is 4.25. The molecule has 2 heterocycles. The van der Waals surface area contributed by atoms with Crippen LogP contribution in [0.3, 0.4) is 0 Å². The van der Waals surface area contributed by atoms with Crippen LogP contribution < -0.4 is 10.2 Å². The van der Waals surface area contributed by atoms with Gasteiger partial charge in [-0.25, -0.2) is 4.68 Å². The van der Waals surface area contributed by atoms with E-state index in [0.717, 1.165) is 24.3 Å². The molecule has 0 radical (unpaired) electrons. The van der Waals surface area contributed by atoms with Crippen molar-refractivity contribution in [2.24, 2.45) is 0 Å². The van der Waals surface area contributed by atoms with E-state index in [4.69, 9.17) is 0 Å². The SMILES string of the molecule is O=C(Nc1ccc(-n2cnnn2)cc1)c1ccc(N2CCCC2=O)cc1. The smallest absolute Gasteiger partial charge is 0.255 e. The Morgan fingerprint density at radius 1 is 1.00 bits per heavy atom. The molecule has 1 fully saturated rings. The second-order valence-electron chi connectivity index (χ2n) is 5.95. The lowest BCUT2D eigenvalue weighted by Gasteiger charge is -2.15. The van der Waals surface area contributed by atoms with Crippen molar-refractivity contribution in [3.8, 4) is 5.69 Å². The van der Waals surface area contributed by atoms with Crippen LogP contribution in [0.15, 0.2) is 54.9 Å². The second kappa shape index (κ2) is 6.75. The largest absolute Gasteiger partial charge is 0.322 e. The van der Waals surface area contributed by atoms with Gasteiger partial charge in [-0.05, 0) is 65.4 Å². The molecule has 1 N–H and O–H groups in total. The fourth-order valence-corrected chi connectivity index (χ4v) is 2.89. The molecule has 1 saturated heterocycles.